The second-order valence-corrected chi connectivity index (χ2v) is 9.04. The lowest BCUT2D eigenvalue weighted by Crippen LogP contribution is -2.36. The van der Waals surface area contributed by atoms with E-state index in [0.29, 0.717) is 36.1 Å². The fraction of sp³-hybridized carbons (Fsp3) is 0.333. The number of rotatable bonds is 6. The first-order valence-corrected chi connectivity index (χ1v) is 11.5. The van der Waals surface area contributed by atoms with Crippen LogP contribution >= 0.6 is 11.6 Å². The van der Waals surface area contributed by atoms with E-state index in [2.05, 4.69) is 10.1 Å². The summed E-state index contributed by atoms with van der Waals surface area (Å²) in [6.07, 6.45) is 3.87. The van der Waals surface area contributed by atoms with Crippen molar-refractivity contribution in [3.8, 4) is 28.7 Å². The van der Waals surface area contributed by atoms with Gasteiger partial charge in [-0.15, -0.1) is 0 Å². The molecule has 34 heavy (non-hydrogen) atoms. The third-order valence-corrected chi connectivity index (χ3v) is 6.25. The average molecular weight is 480 g/mol. The van der Waals surface area contributed by atoms with Crippen molar-refractivity contribution in [1.29, 1.82) is 0 Å². The number of methoxy groups -OCH3 is 1. The molecule has 4 aromatic rings. The first-order chi connectivity index (χ1) is 16.4. The lowest BCUT2D eigenvalue weighted by atomic mass is 10.1. The van der Waals surface area contributed by atoms with E-state index in [-0.39, 0.29) is 11.9 Å². The molecule has 0 unspecified atom stereocenters. The predicted molar refractivity (Wildman–Crippen MR) is 130 cm³/mol. The van der Waals surface area contributed by atoms with Gasteiger partial charge < -0.3 is 9.30 Å². The highest BCUT2D eigenvalue weighted by molar-refractivity contribution is 6.33. The van der Waals surface area contributed by atoms with Crippen LogP contribution in [0.3, 0.4) is 0 Å². The van der Waals surface area contributed by atoms with Gasteiger partial charge in [0, 0.05) is 31.1 Å². The summed E-state index contributed by atoms with van der Waals surface area (Å²) in [5.74, 6) is 2.22. The van der Waals surface area contributed by atoms with E-state index in [4.69, 9.17) is 21.4 Å². The summed E-state index contributed by atoms with van der Waals surface area (Å²) in [7, 11) is 3.53. The molecule has 9 nitrogen and oxygen atoms in total. The van der Waals surface area contributed by atoms with Gasteiger partial charge in [0.2, 0.25) is 11.8 Å². The van der Waals surface area contributed by atoms with E-state index in [9.17, 15) is 4.79 Å². The van der Waals surface area contributed by atoms with Crippen molar-refractivity contribution in [1.82, 2.24) is 29.1 Å². The molecule has 0 bridgehead atoms. The quantitative estimate of drug-likeness (QED) is 0.411. The zero-order chi connectivity index (χ0) is 24.0. The highest BCUT2D eigenvalue weighted by Crippen LogP contribution is 2.34. The number of aryl methyl sites for hydroxylation is 2. The summed E-state index contributed by atoms with van der Waals surface area (Å²) in [5, 5.41) is 9.68. The Morgan fingerprint density at radius 3 is 2.65 bits per heavy atom. The Labute approximate surface area is 202 Å². The fourth-order valence-electron chi connectivity index (χ4n) is 4.26. The molecule has 1 aromatic carbocycles. The topological polar surface area (TPSA) is 83.0 Å². The van der Waals surface area contributed by atoms with Crippen molar-refractivity contribution >= 4 is 23.3 Å². The highest BCUT2D eigenvalue weighted by atomic mass is 35.5. The fourth-order valence-corrected chi connectivity index (χ4v) is 4.48. The number of fused-ring (bicyclic) bond motifs is 1. The van der Waals surface area contributed by atoms with Gasteiger partial charge in [0.05, 0.1) is 37.6 Å². The monoisotopic (exact) mass is 479 g/mol. The van der Waals surface area contributed by atoms with Gasteiger partial charge >= 0.3 is 0 Å². The van der Waals surface area contributed by atoms with Gasteiger partial charge in [-0.25, -0.2) is 4.68 Å². The molecule has 0 saturated heterocycles. The summed E-state index contributed by atoms with van der Waals surface area (Å²) >= 11 is 6.44. The largest absolute Gasteiger partial charge is 0.480 e. The van der Waals surface area contributed by atoms with Crippen molar-refractivity contribution in [2.24, 2.45) is 7.05 Å². The summed E-state index contributed by atoms with van der Waals surface area (Å²) in [6.45, 7) is 5.08. The van der Waals surface area contributed by atoms with Crippen LogP contribution < -0.4 is 9.64 Å². The molecular weight excluding hydrogens is 454 g/mol. The Balaban J connectivity index is 1.43. The van der Waals surface area contributed by atoms with E-state index in [0.717, 1.165) is 28.5 Å². The number of carbonyl (C=O) groups excluding carboxylic acids is 1. The van der Waals surface area contributed by atoms with Gasteiger partial charge in [-0.05, 0) is 19.4 Å². The minimum Gasteiger partial charge on any atom is -0.480 e. The number of nitrogens with zero attached hydrogens (tertiary/aromatic N) is 7. The smallest absolute Gasteiger partial charge is 0.231 e. The molecule has 5 rings (SSSR count). The molecule has 176 valence electrons. The Morgan fingerprint density at radius 1 is 1.21 bits per heavy atom. The zero-order valence-electron chi connectivity index (χ0n) is 19.6. The molecule has 1 aliphatic rings. The molecule has 0 radical (unpaired) electrons. The molecule has 1 amide bonds. The van der Waals surface area contributed by atoms with Crippen molar-refractivity contribution in [2.45, 2.75) is 39.4 Å². The van der Waals surface area contributed by atoms with Gasteiger partial charge in [0.15, 0.2) is 0 Å². The minimum atomic E-state index is 0.0697. The number of aromatic nitrogens is 6. The SMILES string of the molecule is COc1cn(C)c(-c2ccc(CN3C(=O)CCn4nc(-c5c(Cl)cnn5C(C)C)cc43)cc2)n1. The van der Waals surface area contributed by atoms with E-state index in [1.165, 1.54) is 0 Å². The number of amides is 1. The van der Waals surface area contributed by atoms with Crippen LogP contribution in [0.2, 0.25) is 5.02 Å². The Hall–Kier alpha value is -3.59. The maximum atomic E-state index is 12.9. The Morgan fingerprint density at radius 2 is 1.97 bits per heavy atom. The van der Waals surface area contributed by atoms with E-state index < -0.39 is 0 Å². The molecule has 0 aliphatic carbocycles. The number of imidazole rings is 1. The third-order valence-electron chi connectivity index (χ3n) is 5.97. The average Bonchev–Trinajstić information content (AvgIpc) is 3.52. The van der Waals surface area contributed by atoms with Crippen LogP contribution in [0, 0.1) is 0 Å². The molecule has 3 aromatic heterocycles. The first-order valence-electron chi connectivity index (χ1n) is 11.1. The standard InChI is InChI=1S/C24H26ClN7O2/c1-15(2)32-23(18(25)12-26-32)19-11-21-30(22(33)9-10-31(21)28-19)13-16-5-7-17(8-6-16)24-27-20(34-4)14-29(24)3/h5-8,11-12,14-15H,9-10,13H2,1-4H3. The van der Waals surface area contributed by atoms with E-state index in [1.54, 1.807) is 18.2 Å². The minimum absolute atomic E-state index is 0.0697. The van der Waals surface area contributed by atoms with Gasteiger partial charge in [-0.1, -0.05) is 35.9 Å². The van der Waals surface area contributed by atoms with Crippen LogP contribution in [-0.4, -0.2) is 42.1 Å². The molecule has 1 aliphatic heterocycles. The summed E-state index contributed by atoms with van der Waals surface area (Å²) < 4.78 is 10.9. The summed E-state index contributed by atoms with van der Waals surface area (Å²) in [4.78, 5) is 19.1. The second kappa shape index (κ2) is 8.64. The zero-order valence-corrected chi connectivity index (χ0v) is 20.3. The van der Waals surface area contributed by atoms with Crippen LogP contribution in [0.15, 0.2) is 42.7 Å². The molecule has 0 saturated carbocycles. The van der Waals surface area contributed by atoms with Crippen LogP contribution in [-0.2, 0) is 24.9 Å². The lowest BCUT2D eigenvalue weighted by Gasteiger charge is -2.27. The van der Waals surface area contributed by atoms with Crippen molar-refractivity contribution in [3.63, 3.8) is 0 Å². The van der Waals surface area contributed by atoms with E-state index >= 15 is 0 Å². The lowest BCUT2D eigenvalue weighted by molar-refractivity contribution is -0.119. The number of ether oxygens (including phenoxy) is 1. The molecule has 0 fully saturated rings. The number of benzene rings is 1. The summed E-state index contributed by atoms with van der Waals surface area (Å²) in [5.41, 5.74) is 3.47. The summed E-state index contributed by atoms with van der Waals surface area (Å²) in [6, 6.07) is 10.1. The van der Waals surface area contributed by atoms with Gasteiger partial charge in [-0.2, -0.15) is 15.2 Å². The molecule has 4 heterocycles. The van der Waals surface area contributed by atoms with Gasteiger partial charge in [0.1, 0.15) is 23.0 Å². The molecule has 0 N–H and O–H groups in total. The van der Waals surface area contributed by atoms with Crippen LogP contribution in [0.5, 0.6) is 5.88 Å². The number of halogens is 1. The van der Waals surface area contributed by atoms with E-state index in [1.807, 2.05) is 71.4 Å². The highest BCUT2D eigenvalue weighted by Gasteiger charge is 2.28. The van der Waals surface area contributed by atoms with Gasteiger partial charge in [0.25, 0.3) is 0 Å². The van der Waals surface area contributed by atoms with Gasteiger partial charge in [-0.3, -0.25) is 14.4 Å². The molecule has 0 atom stereocenters. The molecule has 0 spiro atoms. The third kappa shape index (κ3) is 3.86. The normalized spacial score (nSPS) is 13.6. The maximum Gasteiger partial charge on any atom is 0.231 e. The van der Waals surface area contributed by atoms with Crippen molar-refractivity contribution < 1.29 is 9.53 Å². The molecular formula is C24H26ClN7O2. The second-order valence-electron chi connectivity index (χ2n) is 8.63. The predicted octanol–water partition coefficient (Wildman–Crippen LogP) is 4.33. The number of hydrogen-bond acceptors (Lipinski definition) is 5. The van der Waals surface area contributed by atoms with Crippen molar-refractivity contribution in [2.75, 3.05) is 12.0 Å². The van der Waals surface area contributed by atoms with Crippen molar-refractivity contribution in [3.05, 3.63) is 53.3 Å². The van der Waals surface area contributed by atoms with Crippen LogP contribution in [0.1, 0.15) is 31.9 Å². The Bertz CT molecular complexity index is 1350. The number of carbonyl (C=O) groups is 1. The maximum absolute atomic E-state index is 12.9. The Kier molecular flexibility index (Phi) is 5.65. The molecule has 10 heteroatoms. The number of hydrogen-bond donors (Lipinski definition) is 0. The first kappa shape index (κ1) is 22.2. The van der Waals surface area contributed by atoms with Crippen LogP contribution in [0.25, 0.3) is 22.8 Å². The number of anilines is 1. The van der Waals surface area contributed by atoms with Crippen LogP contribution in [0.4, 0.5) is 5.82 Å².